The zero-order valence-electron chi connectivity index (χ0n) is 18.5. The third-order valence-corrected chi connectivity index (χ3v) is 5.20. The van der Waals surface area contributed by atoms with E-state index in [0.717, 1.165) is 24.0 Å². The molecule has 4 nitrogen and oxygen atoms in total. The Balaban J connectivity index is 1.96. The van der Waals surface area contributed by atoms with Crippen LogP contribution in [0.2, 0.25) is 0 Å². The second kappa shape index (κ2) is 11.2. The lowest BCUT2D eigenvalue weighted by Crippen LogP contribution is -2.20. The van der Waals surface area contributed by atoms with Gasteiger partial charge in [0.2, 0.25) is 5.75 Å². The van der Waals surface area contributed by atoms with Gasteiger partial charge in [0.1, 0.15) is 0 Å². The lowest BCUT2D eigenvalue weighted by Gasteiger charge is -2.20. The van der Waals surface area contributed by atoms with Gasteiger partial charge in [-0.2, -0.15) is 0 Å². The van der Waals surface area contributed by atoms with Crippen LogP contribution < -0.4 is 14.2 Å². The van der Waals surface area contributed by atoms with Gasteiger partial charge in [-0.1, -0.05) is 60.7 Å². The minimum absolute atomic E-state index is 0.0311. The van der Waals surface area contributed by atoms with Crippen LogP contribution in [0, 0.1) is 0 Å². The highest BCUT2D eigenvalue weighted by Gasteiger charge is 2.18. The lowest BCUT2D eigenvalue weighted by atomic mass is 9.93. The highest BCUT2D eigenvalue weighted by Crippen LogP contribution is 2.42. The van der Waals surface area contributed by atoms with Crippen LogP contribution in [0.25, 0.3) is 11.1 Å². The maximum atomic E-state index is 6.13. The van der Waals surface area contributed by atoms with Gasteiger partial charge < -0.3 is 18.9 Å². The summed E-state index contributed by atoms with van der Waals surface area (Å²) in [6.07, 6.45) is 3.43. The quantitative estimate of drug-likeness (QED) is 0.372. The van der Waals surface area contributed by atoms with Crippen LogP contribution >= 0.6 is 0 Å². The van der Waals surface area contributed by atoms with E-state index < -0.39 is 0 Å². The molecule has 0 aliphatic carbocycles. The van der Waals surface area contributed by atoms with E-state index in [9.17, 15) is 0 Å². The fourth-order valence-electron chi connectivity index (χ4n) is 3.73. The first-order chi connectivity index (χ1) is 15.2. The molecule has 3 aromatic carbocycles. The Morgan fingerprint density at radius 2 is 1.45 bits per heavy atom. The van der Waals surface area contributed by atoms with Crippen molar-refractivity contribution in [3.05, 3.63) is 90.5 Å². The summed E-state index contributed by atoms with van der Waals surface area (Å²) in [6, 6.07) is 22.7. The molecule has 31 heavy (non-hydrogen) atoms. The average Bonchev–Trinajstić information content (AvgIpc) is 2.82. The zero-order chi connectivity index (χ0) is 22.1. The molecule has 4 heteroatoms. The highest BCUT2D eigenvalue weighted by molar-refractivity contribution is 5.73. The number of rotatable bonds is 11. The number of benzene rings is 3. The summed E-state index contributed by atoms with van der Waals surface area (Å²) in [7, 11) is 4.87. The van der Waals surface area contributed by atoms with Crippen molar-refractivity contribution in [1.82, 2.24) is 0 Å². The van der Waals surface area contributed by atoms with Crippen molar-refractivity contribution in [2.45, 2.75) is 18.9 Å². The van der Waals surface area contributed by atoms with Crippen molar-refractivity contribution in [3.8, 4) is 28.4 Å². The fourth-order valence-corrected chi connectivity index (χ4v) is 3.73. The Bertz CT molecular complexity index is 957. The summed E-state index contributed by atoms with van der Waals surface area (Å²) in [5, 5.41) is 0. The van der Waals surface area contributed by atoms with Crippen LogP contribution in [0.1, 0.15) is 11.1 Å². The molecule has 0 amide bonds. The third kappa shape index (κ3) is 5.68. The molecule has 0 fully saturated rings. The van der Waals surface area contributed by atoms with Crippen LogP contribution in [0.3, 0.4) is 0 Å². The van der Waals surface area contributed by atoms with E-state index >= 15 is 0 Å². The molecule has 3 rings (SSSR count). The smallest absolute Gasteiger partial charge is 0.203 e. The average molecular weight is 419 g/mol. The van der Waals surface area contributed by atoms with Crippen molar-refractivity contribution < 1.29 is 18.9 Å². The maximum Gasteiger partial charge on any atom is 0.203 e. The topological polar surface area (TPSA) is 36.9 Å². The van der Waals surface area contributed by atoms with Gasteiger partial charge in [0.25, 0.3) is 0 Å². The van der Waals surface area contributed by atoms with Gasteiger partial charge in [-0.25, -0.2) is 0 Å². The predicted molar refractivity (Wildman–Crippen MR) is 125 cm³/mol. The molecule has 162 valence electrons. The van der Waals surface area contributed by atoms with Crippen molar-refractivity contribution in [2.24, 2.45) is 0 Å². The first-order valence-corrected chi connectivity index (χ1v) is 10.3. The second-order valence-corrected chi connectivity index (χ2v) is 7.21. The first-order valence-electron chi connectivity index (χ1n) is 10.3. The van der Waals surface area contributed by atoms with E-state index in [0.29, 0.717) is 23.9 Å². The van der Waals surface area contributed by atoms with Gasteiger partial charge in [0, 0.05) is 0 Å². The van der Waals surface area contributed by atoms with Gasteiger partial charge in [0.05, 0.1) is 34.0 Å². The third-order valence-electron chi connectivity index (χ3n) is 5.20. The van der Waals surface area contributed by atoms with E-state index in [-0.39, 0.29) is 6.10 Å². The van der Waals surface area contributed by atoms with Gasteiger partial charge in [-0.15, -0.1) is 6.58 Å². The summed E-state index contributed by atoms with van der Waals surface area (Å²) < 4.78 is 22.7. The summed E-state index contributed by atoms with van der Waals surface area (Å²) >= 11 is 0. The molecule has 0 spiro atoms. The lowest BCUT2D eigenvalue weighted by molar-refractivity contribution is 0.0751. The van der Waals surface area contributed by atoms with E-state index in [4.69, 9.17) is 18.9 Å². The van der Waals surface area contributed by atoms with Crippen LogP contribution in [-0.4, -0.2) is 34.0 Å². The molecule has 1 atom stereocenters. The highest BCUT2D eigenvalue weighted by atomic mass is 16.5. The number of hydrogen-bond acceptors (Lipinski definition) is 4. The second-order valence-electron chi connectivity index (χ2n) is 7.21. The van der Waals surface area contributed by atoms with Gasteiger partial charge in [-0.3, -0.25) is 0 Å². The number of ether oxygens (including phenoxy) is 4. The van der Waals surface area contributed by atoms with Crippen LogP contribution in [0.15, 0.2) is 79.4 Å². The van der Waals surface area contributed by atoms with E-state index in [1.807, 2.05) is 24.3 Å². The van der Waals surface area contributed by atoms with E-state index in [1.54, 1.807) is 27.4 Å². The predicted octanol–water partition coefficient (Wildman–Crippen LogP) is 5.74. The largest absolute Gasteiger partial charge is 0.493 e. The molecule has 0 aliphatic heterocycles. The zero-order valence-corrected chi connectivity index (χ0v) is 18.5. The molecule has 0 heterocycles. The Labute approximate surface area is 185 Å². The van der Waals surface area contributed by atoms with Crippen molar-refractivity contribution in [3.63, 3.8) is 0 Å². The molecule has 0 saturated carbocycles. The maximum absolute atomic E-state index is 6.13. The molecule has 0 aliphatic rings. The summed E-state index contributed by atoms with van der Waals surface area (Å²) in [6.45, 7) is 4.32. The normalized spacial score (nSPS) is 11.6. The van der Waals surface area contributed by atoms with Crippen LogP contribution in [0.4, 0.5) is 0 Å². The Morgan fingerprint density at radius 3 is 2.06 bits per heavy atom. The van der Waals surface area contributed by atoms with Crippen LogP contribution in [-0.2, 0) is 17.6 Å². The SMILES string of the molecule is C=CCOC(Cc1ccccc1)Cc1ccccc1-c1cc(OC)c(OC)c(OC)c1. The molecule has 3 aromatic rings. The number of hydrogen-bond donors (Lipinski definition) is 0. The van der Waals surface area contributed by atoms with Gasteiger partial charge >= 0.3 is 0 Å². The molecule has 0 bridgehead atoms. The Kier molecular flexibility index (Phi) is 8.13. The standard InChI is InChI=1S/C27H30O4/c1-5-15-31-23(16-20-11-7-6-8-12-20)17-21-13-9-10-14-24(21)22-18-25(28-2)27(30-4)26(19-22)29-3/h5-14,18-19,23H,1,15-17H2,2-4H3. The van der Waals surface area contributed by atoms with Gasteiger partial charge in [0.15, 0.2) is 11.5 Å². The van der Waals surface area contributed by atoms with Crippen LogP contribution in [0.5, 0.6) is 17.2 Å². The summed E-state index contributed by atoms with van der Waals surface area (Å²) in [5.41, 5.74) is 4.57. The molecular formula is C27H30O4. The summed E-state index contributed by atoms with van der Waals surface area (Å²) in [5.74, 6) is 1.85. The van der Waals surface area contributed by atoms with Gasteiger partial charge in [-0.05, 0) is 47.2 Å². The number of methoxy groups -OCH3 is 3. The first kappa shape index (κ1) is 22.4. The molecular weight excluding hydrogens is 388 g/mol. The Morgan fingerprint density at radius 1 is 0.806 bits per heavy atom. The van der Waals surface area contributed by atoms with Crippen molar-refractivity contribution >= 4 is 0 Å². The molecule has 0 N–H and O–H groups in total. The molecule has 0 radical (unpaired) electrons. The monoisotopic (exact) mass is 418 g/mol. The molecule has 1 unspecified atom stereocenters. The fraction of sp³-hybridized carbons (Fsp3) is 0.259. The van der Waals surface area contributed by atoms with E-state index in [1.165, 1.54) is 11.1 Å². The Hall–Kier alpha value is -3.24. The minimum atomic E-state index is 0.0311. The van der Waals surface area contributed by atoms with E-state index in [2.05, 4.69) is 49.0 Å². The summed E-state index contributed by atoms with van der Waals surface area (Å²) in [4.78, 5) is 0. The molecule has 0 aromatic heterocycles. The van der Waals surface area contributed by atoms with Crippen molar-refractivity contribution in [2.75, 3.05) is 27.9 Å². The minimum Gasteiger partial charge on any atom is -0.493 e. The van der Waals surface area contributed by atoms with Crippen molar-refractivity contribution in [1.29, 1.82) is 0 Å². The molecule has 0 saturated heterocycles.